The predicted octanol–water partition coefficient (Wildman–Crippen LogP) is 4.21. The third kappa shape index (κ3) is 6.12. The topological polar surface area (TPSA) is 88.9 Å². The number of hydrogen-bond donors (Lipinski definition) is 2. The summed E-state index contributed by atoms with van der Waals surface area (Å²) in [4.78, 5) is 25.3. The number of hydrogen-bond acceptors (Lipinski definition) is 5. The highest BCUT2D eigenvalue weighted by molar-refractivity contribution is 7.99. The van der Waals surface area contributed by atoms with E-state index in [9.17, 15) is 9.59 Å². The summed E-state index contributed by atoms with van der Waals surface area (Å²) in [5, 5.41) is 15.8. The van der Waals surface area contributed by atoms with Gasteiger partial charge in [0.25, 0.3) is 5.91 Å². The minimum Gasteiger partial charge on any atom is -0.352 e. The molecule has 0 saturated heterocycles. The molecular weight excluding hydrogens is 422 g/mol. The molecule has 1 aromatic heterocycles. The van der Waals surface area contributed by atoms with E-state index in [0.29, 0.717) is 28.9 Å². The van der Waals surface area contributed by atoms with Crippen molar-refractivity contribution >= 4 is 23.6 Å². The standard InChI is InChI=1S/C24H35N5O2S/c1-5-29-22(21(16(2)3)26-23(31)18-12-7-6-8-13-18)27-28-24(29)32-15-20(30)25-19-14-10-9-11-17(19)4/h6-8,12-13,16-17,19,21H,5,9-11,14-15H2,1-4H3,(H,25,30)(H,26,31). The van der Waals surface area contributed by atoms with Crippen molar-refractivity contribution in [2.45, 2.75) is 77.2 Å². The highest BCUT2D eigenvalue weighted by Crippen LogP contribution is 2.26. The van der Waals surface area contributed by atoms with Gasteiger partial charge in [0, 0.05) is 18.2 Å². The van der Waals surface area contributed by atoms with Gasteiger partial charge in [-0.15, -0.1) is 10.2 Å². The molecule has 2 N–H and O–H groups in total. The second kappa shape index (κ2) is 11.5. The minimum absolute atomic E-state index is 0.0405. The summed E-state index contributed by atoms with van der Waals surface area (Å²) in [7, 11) is 0. The summed E-state index contributed by atoms with van der Waals surface area (Å²) in [6, 6.07) is 9.17. The molecular formula is C24H35N5O2S. The fourth-order valence-corrected chi connectivity index (χ4v) is 5.01. The molecule has 3 rings (SSSR count). The Morgan fingerprint density at radius 2 is 1.88 bits per heavy atom. The van der Waals surface area contributed by atoms with E-state index in [-0.39, 0.29) is 29.8 Å². The Hall–Kier alpha value is -2.35. The summed E-state index contributed by atoms with van der Waals surface area (Å²) >= 11 is 1.40. The molecule has 1 aromatic carbocycles. The third-order valence-electron chi connectivity index (χ3n) is 6.12. The van der Waals surface area contributed by atoms with Crippen molar-refractivity contribution in [2.75, 3.05) is 5.75 Å². The molecule has 1 heterocycles. The summed E-state index contributed by atoms with van der Waals surface area (Å²) in [6.45, 7) is 9.01. The van der Waals surface area contributed by atoms with Crippen molar-refractivity contribution in [3.8, 4) is 0 Å². The van der Waals surface area contributed by atoms with Crippen LogP contribution in [0.4, 0.5) is 0 Å². The summed E-state index contributed by atoms with van der Waals surface area (Å²) in [5.74, 6) is 1.60. The van der Waals surface area contributed by atoms with Crippen LogP contribution in [0.25, 0.3) is 0 Å². The molecule has 0 bridgehead atoms. The third-order valence-corrected chi connectivity index (χ3v) is 7.09. The molecule has 1 saturated carbocycles. The predicted molar refractivity (Wildman–Crippen MR) is 127 cm³/mol. The fraction of sp³-hybridized carbons (Fsp3) is 0.583. The molecule has 1 fully saturated rings. The maximum absolute atomic E-state index is 12.7. The van der Waals surface area contributed by atoms with Gasteiger partial charge in [0.05, 0.1) is 11.8 Å². The molecule has 0 radical (unpaired) electrons. The lowest BCUT2D eigenvalue weighted by Crippen LogP contribution is -2.41. The molecule has 174 valence electrons. The monoisotopic (exact) mass is 457 g/mol. The largest absolute Gasteiger partial charge is 0.352 e. The van der Waals surface area contributed by atoms with Crippen LogP contribution in [0, 0.1) is 11.8 Å². The first-order valence-corrected chi connectivity index (χ1v) is 12.6. The van der Waals surface area contributed by atoms with Crippen LogP contribution in [0.5, 0.6) is 0 Å². The van der Waals surface area contributed by atoms with E-state index >= 15 is 0 Å². The average Bonchev–Trinajstić information content (AvgIpc) is 3.20. The van der Waals surface area contributed by atoms with Gasteiger partial charge in [-0.05, 0) is 43.7 Å². The number of carbonyl (C=O) groups excluding carboxylic acids is 2. The van der Waals surface area contributed by atoms with Crippen LogP contribution in [-0.4, -0.2) is 38.4 Å². The van der Waals surface area contributed by atoms with E-state index in [2.05, 4.69) is 41.6 Å². The Bertz CT molecular complexity index is 899. The van der Waals surface area contributed by atoms with Crippen LogP contribution >= 0.6 is 11.8 Å². The van der Waals surface area contributed by atoms with E-state index in [1.54, 1.807) is 12.1 Å². The smallest absolute Gasteiger partial charge is 0.251 e. The SMILES string of the molecule is CCn1c(SCC(=O)NC2CCCCC2C)nnc1C(NC(=O)c1ccccc1)C(C)C. The summed E-state index contributed by atoms with van der Waals surface area (Å²) in [6.07, 6.45) is 4.67. The van der Waals surface area contributed by atoms with Crippen molar-refractivity contribution < 1.29 is 9.59 Å². The van der Waals surface area contributed by atoms with Gasteiger partial charge in [-0.25, -0.2) is 0 Å². The number of amides is 2. The number of rotatable bonds is 9. The van der Waals surface area contributed by atoms with Crippen molar-refractivity contribution in [3.63, 3.8) is 0 Å². The molecule has 1 aliphatic carbocycles. The lowest BCUT2D eigenvalue weighted by atomic mass is 9.86. The highest BCUT2D eigenvalue weighted by Gasteiger charge is 2.27. The quantitative estimate of drug-likeness (QED) is 0.551. The Kier molecular flexibility index (Phi) is 8.73. The molecule has 0 aliphatic heterocycles. The van der Waals surface area contributed by atoms with Gasteiger partial charge in [-0.1, -0.05) is 63.6 Å². The number of carbonyl (C=O) groups is 2. The Morgan fingerprint density at radius 3 is 2.53 bits per heavy atom. The lowest BCUT2D eigenvalue weighted by Gasteiger charge is -2.29. The average molecular weight is 458 g/mol. The van der Waals surface area contributed by atoms with Crippen molar-refractivity contribution in [3.05, 3.63) is 41.7 Å². The zero-order valence-electron chi connectivity index (χ0n) is 19.5. The molecule has 3 unspecified atom stereocenters. The maximum atomic E-state index is 12.7. The minimum atomic E-state index is -0.276. The van der Waals surface area contributed by atoms with Crippen LogP contribution in [0.15, 0.2) is 35.5 Å². The van der Waals surface area contributed by atoms with Gasteiger partial charge in [-0.2, -0.15) is 0 Å². The van der Waals surface area contributed by atoms with Gasteiger partial charge >= 0.3 is 0 Å². The number of benzene rings is 1. The van der Waals surface area contributed by atoms with E-state index in [0.717, 1.165) is 12.2 Å². The van der Waals surface area contributed by atoms with Crippen molar-refractivity contribution in [2.24, 2.45) is 11.8 Å². The van der Waals surface area contributed by atoms with E-state index < -0.39 is 0 Å². The van der Waals surface area contributed by atoms with Crippen LogP contribution in [-0.2, 0) is 11.3 Å². The van der Waals surface area contributed by atoms with Crippen LogP contribution in [0.1, 0.15) is 75.6 Å². The second-order valence-electron chi connectivity index (χ2n) is 8.87. The number of thioether (sulfide) groups is 1. The molecule has 32 heavy (non-hydrogen) atoms. The van der Waals surface area contributed by atoms with Crippen LogP contribution < -0.4 is 10.6 Å². The van der Waals surface area contributed by atoms with E-state index in [4.69, 9.17) is 0 Å². The number of nitrogens with zero attached hydrogens (tertiary/aromatic N) is 3. The number of aromatic nitrogens is 3. The van der Waals surface area contributed by atoms with E-state index in [1.165, 1.54) is 31.0 Å². The normalized spacial score (nSPS) is 19.5. The first kappa shape index (κ1) is 24.3. The lowest BCUT2D eigenvalue weighted by molar-refractivity contribution is -0.119. The van der Waals surface area contributed by atoms with Crippen LogP contribution in [0.2, 0.25) is 0 Å². The second-order valence-corrected chi connectivity index (χ2v) is 9.81. The first-order chi connectivity index (χ1) is 15.4. The fourth-order valence-electron chi connectivity index (χ4n) is 4.19. The zero-order chi connectivity index (χ0) is 23.1. The van der Waals surface area contributed by atoms with Crippen molar-refractivity contribution in [1.82, 2.24) is 25.4 Å². The molecule has 0 spiro atoms. The van der Waals surface area contributed by atoms with Gasteiger partial charge in [-0.3, -0.25) is 9.59 Å². The number of nitrogens with one attached hydrogen (secondary N) is 2. The first-order valence-electron chi connectivity index (χ1n) is 11.6. The van der Waals surface area contributed by atoms with Gasteiger partial charge in [0.2, 0.25) is 5.91 Å². The molecule has 7 nitrogen and oxygen atoms in total. The van der Waals surface area contributed by atoms with Gasteiger partial charge in [0.15, 0.2) is 11.0 Å². The molecule has 8 heteroatoms. The van der Waals surface area contributed by atoms with E-state index in [1.807, 2.05) is 29.7 Å². The summed E-state index contributed by atoms with van der Waals surface area (Å²) < 4.78 is 2.00. The molecule has 1 aliphatic rings. The maximum Gasteiger partial charge on any atom is 0.251 e. The Labute approximate surface area is 195 Å². The van der Waals surface area contributed by atoms with Gasteiger partial charge in [0.1, 0.15) is 0 Å². The molecule has 2 amide bonds. The van der Waals surface area contributed by atoms with Gasteiger partial charge < -0.3 is 15.2 Å². The summed E-state index contributed by atoms with van der Waals surface area (Å²) in [5.41, 5.74) is 0.615. The Morgan fingerprint density at radius 1 is 1.16 bits per heavy atom. The zero-order valence-corrected chi connectivity index (χ0v) is 20.3. The molecule has 3 atom stereocenters. The van der Waals surface area contributed by atoms with Crippen LogP contribution in [0.3, 0.4) is 0 Å². The Balaban J connectivity index is 1.66. The molecule has 2 aromatic rings. The van der Waals surface area contributed by atoms with Crippen molar-refractivity contribution in [1.29, 1.82) is 0 Å². The highest BCUT2D eigenvalue weighted by atomic mass is 32.2.